The predicted octanol–water partition coefficient (Wildman–Crippen LogP) is 13.8. The largest absolute Gasteiger partial charge is 0.0563 e. The summed E-state index contributed by atoms with van der Waals surface area (Å²) < 4.78 is 0. The normalized spacial score (nSPS) is 14.3. The van der Waals surface area contributed by atoms with Crippen LogP contribution in [-0.2, 0) is 10.8 Å². The molecule has 50 heavy (non-hydrogen) atoms. The van der Waals surface area contributed by atoms with Crippen LogP contribution in [0.15, 0.2) is 97.1 Å². The molecule has 1 aliphatic carbocycles. The van der Waals surface area contributed by atoms with Crippen molar-refractivity contribution in [2.75, 3.05) is 0 Å². The van der Waals surface area contributed by atoms with Crippen LogP contribution < -0.4 is 0 Å². The lowest BCUT2D eigenvalue weighted by atomic mass is 9.58. The Morgan fingerprint density at radius 1 is 0.240 bits per heavy atom. The Bertz CT molecular complexity index is 1930. The van der Waals surface area contributed by atoms with Gasteiger partial charge < -0.3 is 0 Å². The number of rotatable bonds is 4. The topological polar surface area (TPSA) is 0 Å². The van der Waals surface area contributed by atoms with Crippen LogP contribution in [0, 0.1) is 55.4 Å². The fraction of sp³-hybridized carbons (Fsp3) is 0.280. The minimum atomic E-state index is -0.219. The molecule has 0 saturated heterocycles. The number of fused-ring (bicyclic) bond motifs is 2. The predicted molar refractivity (Wildman–Crippen MR) is 217 cm³/mol. The maximum absolute atomic E-state index is 2.55. The molecule has 0 N–H and O–H groups in total. The fourth-order valence-corrected chi connectivity index (χ4v) is 9.03. The molecule has 0 unspecified atom stereocenters. The lowest BCUT2D eigenvalue weighted by Crippen LogP contribution is -2.37. The van der Waals surface area contributed by atoms with Crippen molar-refractivity contribution in [1.29, 1.82) is 0 Å². The van der Waals surface area contributed by atoms with E-state index >= 15 is 0 Å². The van der Waals surface area contributed by atoms with Gasteiger partial charge in [-0.1, -0.05) is 145 Å². The monoisotopic (exact) mass is 652 g/mol. The van der Waals surface area contributed by atoms with E-state index in [0.717, 1.165) is 0 Å². The van der Waals surface area contributed by atoms with Crippen molar-refractivity contribution in [1.82, 2.24) is 0 Å². The van der Waals surface area contributed by atoms with Crippen LogP contribution in [0.5, 0.6) is 0 Å². The fourth-order valence-electron chi connectivity index (χ4n) is 9.03. The standard InChI is InChI=1S/C50H52/c1-29-13-30(2)18-37(17-29)41-25-45-46(26-42(41)38-19-31(3)14-32(4)20-38)50(11,12)48-28-44(40-23-35(7)16-36(8)24-40)43(27-47(48)49(45,9)10)39-21-33(5)15-34(6)22-39/h13-28H,1-12H3. The van der Waals surface area contributed by atoms with Crippen LogP contribution in [-0.4, -0.2) is 0 Å². The Balaban J connectivity index is 1.57. The Morgan fingerprint density at radius 2 is 0.400 bits per heavy atom. The Labute approximate surface area is 301 Å². The highest BCUT2D eigenvalue weighted by Gasteiger charge is 2.43. The van der Waals surface area contributed by atoms with E-state index in [1.807, 2.05) is 0 Å². The molecule has 0 radical (unpaired) electrons. The zero-order valence-corrected chi connectivity index (χ0v) is 32.2. The molecule has 0 amide bonds. The van der Waals surface area contributed by atoms with Gasteiger partial charge in [0.2, 0.25) is 0 Å². The van der Waals surface area contributed by atoms with E-state index in [-0.39, 0.29) is 10.8 Å². The molecule has 0 atom stereocenters. The molecule has 1 aliphatic rings. The Morgan fingerprint density at radius 3 is 0.560 bits per heavy atom. The van der Waals surface area contributed by atoms with E-state index in [4.69, 9.17) is 0 Å². The van der Waals surface area contributed by atoms with Crippen LogP contribution in [0.25, 0.3) is 44.5 Å². The number of benzene rings is 6. The van der Waals surface area contributed by atoms with Crippen molar-refractivity contribution in [3.8, 4) is 44.5 Å². The van der Waals surface area contributed by atoms with Crippen LogP contribution in [0.4, 0.5) is 0 Å². The van der Waals surface area contributed by atoms with Gasteiger partial charge in [-0.2, -0.15) is 0 Å². The smallest absolute Gasteiger partial charge is 0.0153 e. The minimum absolute atomic E-state index is 0.219. The summed E-state index contributed by atoms with van der Waals surface area (Å²) in [6.45, 7) is 27.5. The lowest BCUT2D eigenvalue weighted by molar-refractivity contribution is 0.521. The summed E-state index contributed by atoms with van der Waals surface area (Å²) in [5.74, 6) is 0. The summed E-state index contributed by atoms with van der Waals surface area (Å²) in [6.07, 6.45) is 0. The third kappa shape index (κ3) is 5.83. The van der Waals surface area contributed by atoms with Crippen molar-refractivity contribution in [2.24, 2.45) is 0 Å². The zero-order valence-electron chi connectivity index (χ0n) is 32.2. The van der Waals surface area contributed by atoms with E-state index in [0.29, 0.717) is 0 Å². The van der Waals surface area contributed by atoms with E-state index in [1.54, 1.807) is 0 Å². The molecular weight excluding hydrogens is 601 g/mol. The zero-order chi connectivity index (χ0) is 35.9. The average molecular weight is 653 g/mol. The van der Waals surface area contributed by atoms with Crippen molar-refractivity contribution < 1.29 is 0 Å². The maximum atomic E-state index is 2.55. The lowest BCUT2D eigenvalue weighted by Gasteiger charge is -2.45. The highest BCUT2D eigenvalue weighted by atomic mass is 14.5. The Hall–Kier alpha value is -4.68. The molecule has 0 aromatic heterocycles. The van der Waals surface area contributed by atoms with Gasteiger partial charge in [0.1, 0.15) is 0 Å². The third-order valence-corrected chi connectivity index (χ3v) is 11.1. The molecule has 0 aliphatic heterocycles. The molecule has 6 aromatic carbocycles. The van der Waals surface area contributed by atoms with Crippen molar-refractivity contribution in [2.45, 2.75) is 93.9 Å². The molecule has 0 bridgehead atoms. The molecule has 0 heterocycles. The summed E-state index contributed by atoms with van der Waals surface area (Å²) in [5.41, 5.74) is 26.0. The first-order chi connectivity index (χ1) is 23.5. The van der Waals surface area contributed by atoms with Gasteiger partial charge in [-0.3, -0.25) is 0 Å². The molecule has 0 fully saturated rings. The SMILES string of the molecule is Cc1cc(C)cc(-c2cc3c(cc2-c2cc(C)cc(C)c2)C(C)(C)c2cc(-c4cc(C)cc(C)c4)c(-c4cc(C)cc(C)c4)cc2C3(C)C)c1. The minimum Gasteiger partial charge on any atom is -0.0563 e. The van der Waals surface area contributed by atoms with Gasteiger partial charge in [0.15, 0.2) is 0 Å². The van der Waals surface area contributed by atoms with Crippen LogP contribution in [0.3, 0.4) is 0 Å². The van der Waals surface area contributed by atoms with Gasteiger partial charge in [0, 0.05) is 10.8 Å². The van der Waals surface area contributed by atoms with Gasteiger partial charge in [0.25, 0.3) is 0 Å². The van der Waals surface area contributed by atoms with Gasteiger partial charge in [-0.05, 0) is 146 Å². The molecule has 0 nitrogen and oxygen atoms in total. The summed E-state index contributed by atoms with van der Waals surface area (Å²) in [7, 11) is 0. The number of hydrogen-bond acceptors (Lipinski definition) is 0. The van der Waals surface area contributed by atoms with E-state index < -0.39 is 0 Å². The molecule has 0 heteroatoms. The molecule has 0 saturated carbocycles. The molecule has 6 aromatic rings. The molecule has 0 spiro atoms. The molecular formula is C50H52. The number of hydrogen-bond donors (Lipinski definition) is 0. The first-order valence-corrected chi connectivity index (χ1v) is 18.2. The van der Waals surface area contributed by atoms with Crippen LogP contribution in [0.2, 0.25) is 0 Å². The van der Waals surface area contributed by atoms with E-state index in [1.165, 1.54) is 111 Å². The van der Waals surface area contributed by atoms with Gasteiger partial charge in [0.05, 0.1) is 0 Å². The second-order valence-corrected chi connectivity index (χ2v) is 16.6. The highest BCUT2D eigenvalue weighted by molar-refractivity contribution is 5.90. The second kappa shape index (κ2) is 12.0. The average Bonchev–Trinajstić information content (AvgIpc) is 3.01. The first-order valence-electron chi connectivity index (χ1n) is 18.2. The van der Waals surface area contributed by atoms with Crippen LogP contribution >= 0.6 is 0 Å². The van der Waals surface area contributed by atoms with Gasteiger partial charge in [-0.15, -0.1) is 0 Å². The van der Waals surface area contributed by atoms with Crippen molar-refractivity contribution in [3.05, 3.63) is 164 Å². The maximum Gasteiger partial charge on any atom is 0.0153 e. The summed E-state index contributed by atoms with van der Waals surface area (Å²) in [6, 6.07) is 38.3. The van der Waals surface area contributed by atoms with E-state index in [9.17, 15) is 0 Å². The third-order valence-electron chi connectivity index (χ3n) is 11.1. The van der Waals surface area contributed by atoms with E-state index in [2.05, 4.69) is 180 Å². The summed E-state index contributed by atoms with van der Waals surface area (Å²) >= 11 is 0. The second-order valence-electron chi connectivity index (χ2n) is 16.6. The van der Waals surface area contributed by atoms with Crippen molar-refractivity contribution in [3.63, 3.8) is 0 Å². The Kier molecular flexibility index (Phi) is 8.10. The quantitative estimate of drug-likeness (QED) is 0.178. The summed E-state index contributed by atoms with van der Waals surface area (Å²) in [4.78, 5) is 0. The number of aryl methyl sites for hydroxylation is 8. The van der Waals surface area contributed by atoms with Crippen LogP contribution in [0.1, 0.15) is 94.5 Å². The van der Waals surface area contributed by atoms with Gasteiger partial charge in [-0.25, -0.2) is 0 Å². The highest BCUT2D eigenvalue weighted by Crippen LogP contribution is 2.54. The first kappa shape index (κ1) is 33.8. The molecule has 7 rings (SSSR count). The summed E-state index contributed by atoms with van der Waals surface area (Å²) in [5, 5.41) is 0. The van der Waals surface area contributed by atoms with Gasteiger partial charge >= 0.3 is 0 Å². The molecule has 252 valence electrons. The van der Waals surface area contributed by atoms with Crippen molar-refractivity contribution >= 4 is 0 Å².